The van der Waals surface area contributed by atoms with E-state index in [2.05, 4.69) is 273 Å². The Morgan fingerprint density at radius 3 is 0.911 bits per heavy atom. The predicted molar refractivity (Wildman–Crippen MR) is 513 cm³/mol. The van der Waals surface area contributed by atoms with Crippen LogP contribution >= 0.6 is 0 Å². The number of aromatic nitrogens is 8. The number of imidazole rings is 3. The van der Waals surface area contributed by atoms with Crippen molar-refractivity contribution in [2.24, 2.45) is 0 Å². The summed E-state index contributed by atoms with van der Waals surface area (Å²) >= 11 is 0. The summed E-state index contributed by atoms with van der Waals surface area (Å²) in [5.41, 5.74) is 12.1. The van der Waals surface area contributed by atoms with E-state index < -0.39 is 0 Å². The van der Waals surface area contributed by atoms with Crippen LogP contribution in [0.4, 0.5) is 0 Å². The first-order valence-corrected chi connectivity index (χ1v) is 43.1. The maximum atomic E-state index is 14.6. The molecular formula is C109H88N8O6. The summed E-state index contributed by atoms with van der Waals surface area (Å²) in [6.45, 7) is 44.7. The Labute approximate surface area is 704 Å². The lowest BCUT2D eigenvalue weighted by molar-refractivity contribution is 0.133. The van der Waals surface area contributed by atoms with Crippen LogP contribution in [0.2, 0.25) is 0 Å². The Kier molecular flexibility index (Phi) is 13.3. The molecule has 14 nitrogen and oxygen atoms in total. The first-order valence-electron chi connectivity index (χ1n) is 43.1. The van der Waals surface area contributed by atoms with Crippen LogP contribution in [-0.4, -0.2) is 54.9 Å². The molecule has 0 unspecified atom stereocenters. The van der Waals surface area contributed by atoms with Gasteiger partial charge in [-0.15, -0.1) is 0 Å². The van der Waals surface area contributed by atoms with Crippen LogP contribution < -0.4 is 30.9 Å². The second-order valence-corrected chi connectivity index (χ2v) is 41.7. The number of hydrogen-bond donors (Lipinski definition) is 0. The Morgan fingerprint density at radius 1 is 0.252 bits per heavy atom. The number of ether oxygens (including phenoxy) is 3. The first kappa shape index (κ1) is 72.4. The SMILES string of the molecule is Cc1cc2c3c(=O)n4c5cc(C(C)(C)C)ncc5nc4c3c3cc(OC(C)(C)C)c4ccc5ccc1c1c5c4c3c21.Cc1cc2c3c(=O)n4c5ccc(C(C)(C)C)cc5nc4c3c3cc(OC(C)(C)C)c4ccc5ccc1c1c5c4c3c21.Cc1cc2c3c(=O)n4c5cnc(C(C)(C)C)cc5nc4c3c3cc(OC(C)(C)C)c4ccc5ccc1c1c5c4c3c21. The molecule has 19 aromatic carbocycles. The normalized spacial score (nSPS) is 13.8. The fourth-order valence-electron chi connectivity index (χ4n) is 22.1. The van der Waals surface area contributed by atoms with Crippen molar-refractivity contribution < 1.29 is 14.2 Å². The van der Waals surface area contributed by atoms with Crippen molar-refractivity contribution in [3.8, 4) is 17.2 Å². The highest BCUT2D eigenvalue weighted by Gasteiger charge is 2.36. The molecule has 8 heterocycles. The molecule has 0 aliphatic rings. The second kappa shape index (κ2) is 22.6. The van der Waals surface area contributed by atoms with E-state index in [4.69, 9.17) is 39.1 Å². The number of aryl methyl sites for hydroxylation is 3. The molecule has 27 rings (SSSR count). The number of benzene rings is 16. The Balaban J connectivity index is 0.000000101. The zero-order valence-electron chi connectivity index (χ0n) is 73.0. The molecule has 0 radical (unpaired) electrons. The van der Waals surface area contributed by atoms with E-state index in [1.54, 1.807) is 4.40 Å². The quantitative estimate of drug-likeness (QED) is 0.155. The molecular weight excluding hydrogens is 1520 g/mol. The van der Waals surface area contributed by atoms with E-state index in [0.717, 1.165) is 148 Å². The zero-order chi connectivity index (χ0) is 85.0. The van der Waals surface area contributed by atoms with Gasteiger partial charge in [0.1, 0.15) is 56.5 Å². The minimum atomic E-state index is -0.385. The number of fused-ring (bicyclic) bond motifs is 21. The van der Waals surface area contributed by atoms with Crippen molar-refractivity contribution >= 4 is 244 Å². The van der Waals surface area contributed by atoms with Gasteiger partial charge in [-0.3, -0.25) is 37.6 Å². The molecule has 0 N–H and O–H groups in total. The summed E-state index contributed by atoms with van der Waals surface area (Å²) in [4.78, 5) is 68.4. The van der Waals surface area contributed by atoms with Gasteiger partial charge in [-0.05, 0) is 319 Å². The summed E-state index contributed by atoms with van der Waals surface area (Å²) < 4.78 is 25.4. The fraction of sp³-hybridized carbons (Fsp3) is 0.248. The van der Waals surface area contributed by atoms with Crippen LogP contribution in [0.1, 0.15) is 158 Å². The highest BCUT2D eigenvalue weighted by molar-refractivity contribution is 6.53. The summed E-state index contributed by atoms with van der Waals surface area (Å²) in [6, 6.07) is 50.2. The van der Waals surface area contributed by atoms with Gasteiger partial charge in [0.15, 0.2) is 0 Å². The van der Waals surface area contributed by atoms with Crippen LogP contribution in [0.15, 0.2) is 166 Å². The van der Waals surface area contributed by atoms with Gasteiger partial charge in [-0.25, -0.2) is 15.0 Å². The minimum absolute atomic E-state index is 0.00294. The molecule has 0 amide bonds. The topological polar surface area (TPSA) is 157 Å². The maximum absolute atomic E-state index is 14.6. The van der Waals surface area contributed by atoms with Gasteiger partial charge in [0.2, 0.25) is 0 Å². The molecule has 0 aliphatic heterocycles. The lowest BCUT2D eigenvalue weighted by Gasteiger charge is -2.23. The van der Waals surface area contributed by atoms with Gasteiger partial charge in [-0.1, -0.05) is 123 Å². The average Bonchev–Trinajstić information content (AvgIpc) is 1.51. The largest absolute Gasteiger partial charge is 0.487 e. The van der Waals surface area contributed by atoms with Gasteiger partial charge < -0.3 is 14.2 Å². The smallest absolute Gasteiger partial charge is 0.265 e. The summed E-state index contributed by atoms with van der Waals surface area (Å²) in [5.74, 6) is 2.52. The molecule has 27 aromatic rings. The van der Waals surface area contributed by atoms with Crippen molar-refractivity contribution in [1.82, 2.24) is 38.1 Å². The highest BCUT2D eigenvalue weighted by atomic mass is 16.5. The van der Waals surface area contributed by atoms with E-state index in [1.807, 2.05) is 33.3 Å². The summed E-state index contributed by atoms with van der Waals surface area (Å²) in [5, 5.41) is 40.2. The Morgan fingerprint density at radius 2 is 0.553 bits per heavy atom. The van der Waals surface area contributed by atoms with Gasteiger partial charge in [0.25, 0.3) is 16.7 Å². The molecule has 0 saturated heterocycles. The third-order valence-corrected chi connectivity index (χ3v) is 27.1. The average molecular weight is 1610 g/mol. The van der Waals surface area contributed by atoms with Gasteiger partial charge in [-0.2, -0.15) is 0 Å². The zero-order valence-corrected chi connectivity index (χ0v) is 73.0. The van der Waals surface area contributed by atoms with Gasteiger partial charge >= 0.3 is 0 Å². The monoisotopic (exact) mass is 1600 g/mol. The van der Waals surface area contributed by atoms with E-state index in [0.29, 0.717) is 11.3 Å². The minimum Gasteiger partial charge on any atom is -0.487 e. The maximum Gasteiger partial charge on any atom is 0.265 e. The number of pyridine rings is 2. The van der Waals surface area contributed by atoms with Crippen LogP contribution in [-0.2, 0) is 16.2 Å². The van der Waals surface area contributed by atoms with E-state index >= 15 is 0 Å². The molecule has 8 aromatic heterocycles. The van der Waals surface area contributed by atoms with E-state index in [9.17, 15) is 14.4 Å². The summed E-state index contributed by atoms with van der Waals surface area (Å²) in [7, 11) is 0. The van der Waals surface area contributed by atoms with Gasteiger partial charge in [0.05, 0.1) is 56.1 Å². The van der Waals surface area contributed by atoms with Crippen LogP contribution in [0.3, 0.4) is 0 Å². The van der Waals surface area contributed by atoms with Crippen molar-refractivity contribution in [1.29, 1.82) is 0 Å². The predicted octanol–water partition coefficient (Wildman–Crippen LogP) is 26.7. The molecule has 0 bridgehead atoms. The highest BCUT2D eigenvalue weighted by Crippen LogP contribution is 2.59. The molecule has 14 heteroatoms. The van der Waals surface area contributed by atoms with Gasteiger partial charge in [0, 0.05) is 70.7 Å². The molecule has 0 aliphatic carbocycles. The molecule has 0 atom stereocenters. The molecule has 0 spiro atoms. The number of nitrogens with zero attached hydrogens (tertiary/aromatic N) is 8. The second-order valence-electron chi connectivity index (χ2n) is 41.7. The van der Waals surface area contributed by atoms with Crippen molar-refractivity contribution in [2.45, 2.75) is 178 Å². The number of hydrogen-bond acceptors (Lipinski definition) is 11. The van der Waals surface area contributed by atoms with Crippen molar-refractivity contribution in [2.75, 3.05) is 0 Å². The third kappa shape index (κ3) is 9.27. The Hall–Kier alpha value is -13.5. The van der Waals surface area contributed by atoms with Crippen molar-refractivity contribution in [3.63, 3.8) is 0 Å². The van der Waals surface area contributed by atoms with E-state index in [1.165, 1.54) is 135 Å². The van der Waals surface area contributed by atoms with Crippen LogP contribution in [0.5, 0.6) is 17.2 Å². The molecule has 0 fully saturated rings. The third-order valence-electron chi connectivity index (χ3n) is 27.1. The first-order chi connectivity index (χ1) is 58.3. The van der Waals surface area contributed by atoms with Crippen LogP contribution in [0.25, 0.3) is 244 Å². The lowest BCUT2D eigenvalue weighted by Crippen LogP contribution is -2.23. The standard InChI is InChI=1S/C37H30N2O2.2C36H29N3O2/c1-17-14-22-30-28-20(17)11-8-18-9-12-21-26(41-37(5,6)7)16-23(31(30)29(21)27(18)28)32-33(22)35(40)39-25-13-10-19(36(2,3)4)15-24(25)38-34(32)39;1-16-12-20-29-27-18(16)10-8-17-9-11-19-24(41-36(5,6)7)13-21(30(29)28(19)26(17)27)31-32(20)34(40)39-23-14-25(35(2,3)4)37-15-22(23)38-33(31)39;1-16-12-20-29-27-18(16)10-8-17-9-11-19-24(41-36(5,6)7)13-21(30(29)28(19)26(17)27)31-32(20)34(40)39-23-15-37-25(35(2,3)4)14-22(23)38-33(31)39/h8-16H,1-7H3;2*8-15H,1-7H3. The van der Waals surface area contributed by atoms with E-state index in [-0.39, 0.29) is 49.7 Å². The summed E-state index contributed by atoms with van der Waals surface area (Å²) in [6.07, 6.45) is 3.63. The Bertz CT molecular complexity index is 9000. The fourth-order valence-corrected chi connectivity index (χ4v) is 22.1. The molecule has 600 valence electrons. The molecule has 123 heavy (non-hydrogen) atoms. The van der Waals surface area contributed by atoms with Crippen molar-refractivity contribution in [3.05, 3.63) is 217 Å². The lowest BCUT2D eigenvalue weighted by atomic mass is 9.87. The molecule has 0 saturated carbocycles. The number of rotatable bonds is 3. The van der Waals surface area contributed by atoms with Crippen LogP contribution in [0, 0.1) is 20.8 Å².